The van der Waals surface area contributed by atoms with E-state index in [0.717, 1.165) is 17.9 Å². The number of pyridine rings is 1. The molecular formula is C18H17ClN6. The Balaban J connectivity index is 1.66. The molecule has 0 saturated heterocycles. The van der Waals surface area contributed by atoms with Gasteiger partial charge in [-0.1, -0.05) is 29.8 Å². The lowest BCUT2D eigenvalue weighted by Gasteiger charge is -2.04. The number of nitrogen functional groups attached to an aromatic ring is 1. The molecule has 0 amide bonds. The molecule has 0 radical (unpaired) electrons. The summed E-state index contributed by atoms with van der Waals surface area (Å²) in [7, 11) is 0. The summed E-state index contributed by atoms with van der Waals surface area (Å²) in [5.74, 6) is 1.13. The number of hydrogen-bond acceptors (Lipinski definition) is 5. The van der Waals surface area contributed by atoms with Crippen LogP contribution >= 0.6 is 11.6 Å². The third-order valence-corrected chi connectivity index (χ3v) is 3.95. The Morgan fingerprint density at radius 2 is 2.00 bits per heavy atom. The number of rotatable bonds is 6. The number of para-hydroxylation sites is 1. The molecule has 2 heterocycles. The van der Waals surface area contributed by atoms with E-state index in [1.165, 1.54) is 0 Å². The smallest absolute Gasteiger partial charge is 0.145 e. The van der Waals surface area contributed by atoms with Crippen LogP contribution in [0.1, 0.15) is 17.7 Å². The van der Waals surface area contributed by atoms with Crippen LogP contribution in [-0.2, 0) is 6.42 Å². The van der Waals surface area contributed by atoms with Crippen LogP contribution in [0.15, 0.2) is 48.7 Å². The van der Waals surface area contributed by atoms with E-state index in [0.29, 0.717) is 35.1 Å². The van der Waals surface area contributed by atoms with Crippen LogP contribution in [0, 0.1) is 11.3 Å². The average molecular weight is 353 g/mol. The molecule has 1 aromatic carbocycles. The maximum atomic E-state index is 9.40. The van der Waals surface area contributed by atoms with Crippen molar-refractivity contribution in [3.05, 3.63) is 64.9 Å². The normalized spacial score (nSPS) is 10.4. The summed E-state index contributed by atoms with van der Waals surface area (Å²) in [6, 6.07) is 15.3. The second-order valence-corrected chi connectivity index (χ2v) is 5.89. The lowest BCUT2D eigenvalue weighted by atomic mass is 10.1. The van der Waals surface area contributed by atoms with Crippen LogP contribution in [-0.4, -0.2) is 21.3 Å². The van der Waals surface area contributed by atoms with Gasteiger partial charge >= 0.3 is 0 Å². The maximum Gasteiger partial charge on any atom is 0.145 e. The van der Waals surface area contributed by atoms with Crippen molar-refractivity contribution >= 4 is 23.2 Å². The van der Waals surface area contributed by atoms with Crippen LogP contribution in [0.2, 0.25) is 5.02 Å². The van der Waals surface area contributed by atoms with Crippen LogP contribution in [0.4, 0.5) is 11.6 Å². The summed E-state index contributed by atoms with van der Waals surface area (Å²) >= 11 is 5.81. The largest absolute Gasteiger partial charge is 0.382 e. The van der Waals surface area contributed by atoms with E-state index in [1.54, 1.807) is 16.9 Å². The van der Waals surface area contributed by atoms with Crippen LogP contribution in [0.3, 0.4) is 0 Å². The number of anilines is 2. The zero-order valence-corrected chi connectivity index (χ0v) is 14.2. The third-order valence-electron chi connectivity index (χ3n) is 3.73. The van der Waals surface area contributed by atoms with E-state index in [9.17, 15) is 5.26 Å². The molecule has 0 atom stereocenters. The minimum Gasteiger partial charge on any atom is -0.382 e. The van der Waals surface area contributed by atoms with Crippen molar-refractivity contribution in [1.82, 2.24) is 14.8 Å². The standard InChI is InChI=1S/C18H17ClN6/c19-13-8-9-17(23-12-13)22-10-4-7-16-15(11-20)18(21)25(24-16)14-5-2-1-3-6-14/h1-3,5-6,8-9,12H,4,7,10,21H2,(H,22,23). The van der Waals surface area contributed by atoms with Gasteiger partial charge in [-0.05, 0) is 37.1 Å². The van der Waals surface area contributed by atoms with Gasteiger partial charge in [-0.25, -0.2) is 9.67 Å². The topological polar surface area (TPSA) is 92.5 Å². The third kappa shape index (κ3) is 3.90. The van der Waals surface area contributed by atoms with Gasteiger partial charge in [0.2, 0.25) is 0 Å². The second-order valence-electron chi connectivity index (χ2n) is 5.46. The zero-order chi connectivity index (χ0) is 17.6. The van der Waals surface area contributed by atoms with E-state index in [4.69, 9.17) is 17.3 Å². The summed E-state index contributed by atoms with van der Waals surface area (Å²) in [6.07, 6.45) is 3.04. The highest BCUT2D eigenvalue weighted by Crippen LogP contribution is 2.21. The lowest BCUT2D eigenvalue weighted by molar-refractivity contribution is 0.789. The molecule has 0 aliphatic rings. The lowest BCUT2D eigenvalue weighted by Crippen LogP contribution is -2.05. The SMILES string of the molecule is N#Cc1c(CCCNc2ccc(Cl)cn2)nn(-c2ccccc2)c1N. The van der Waals surface area contributed by atoms with Crippen molar-refractivity contribution in [2.45, 2.75) is 12.8 Å². The molecule has 7 heteroatoms. The van der Waals surface area contributed by atoms with Crippen LogP contribution in [0.25, 0.3) is 5.69 Å². The number of nitrogens with zero attached hydrogens (tertiary/aromatic N) is 4. The Labute approximate surface area is 150 Å². The summed E-state index contributed by atoms with van der Waals surface area (Å²) in [6.45, 7) is 0.706. The molecule has 2 aromatic heterocycles. The Kier molecular flexibility index (Phi) is 5.17. The van der Waals surface area contributed by atoms with Gasteiger partial charge in [-0.15, -0.1) is 0 Å². The van der Waals surface area contributed by atoms with Gasteiger partial charge in [0.15, 0.2) is 0 Å². The molecule has 0 aliphatic carbocycles. The van der Waals surface area contributed by atoms with Gasteiger partial charge < -0.3 is 11.1 Å². The van der Waals surface area contributed by atoms with Crippen molar-refractivity contribution in [3.8, 4) is 11.8 Å². The molecule has 6 nitrogen and oxygen atoms in total. The summed E-state index contributed by atoms with van der Waals surface area (Å²) < 4.78 is 1.61. The molecule has 0 aliphatic heterocycles. The van der Waals surface area contributed by atoms with E-state index in [2.05, 4.69) is 21.5 Å². The average Bonchev–Trinajstić information content (AvgIpc) is 2.96. The fourth-order valence-corrected chi connectivity index (χ4v) is 2.61. The molecule has 3 N–H and O–H groups in total. The Bertz CT molecular complexity index is 880. The van der Waals surface area contributed by atoms with Gasteiger partial charge in [0.1, 0.15) is 23.3 Å². The van der Waals surface area contributed by atoms with E-state index >= 15 is 0 Å². The zero-order valence-electron chi connectivity index (χ0n) is 13.5. The molecule has 3 aromatic rings. The molecular weight excluding hydrogens is 336 g/mol. The minimum absolute atomic E-state index is 0.371. The summed E-state index contributed by atoms with van der Waals surface area (Å²) in [4.78, 5) is 4.18. The molecule has 25 heavy (non-hydrogen) atoms. The number of halogens is 1. The second kappa shape index (κ2) is 7.69. The highest BCUT2D eigenvalue weighted by Gasteiger charge is 2.15. The quantitative estimate of drug-likeness (QED) is 0.663. The highest BCUT2D eigenvalue weighted by atomic mass is 35.5. The first kappa shape index (κ1) is 16.8. The molecule has 0 fully saturated rings. The van der Waals surface area contributed by atoms with Gasteiger partial charge in [-0.3, -0.25) is 0 Å². The van der Waals surface area contributed by atoms with Crippen molar-refractivity contribution in [2.75, 3.05) is 17.6 Å². The molecule has 0 saturated carbocycles. The van der Waals surface area contributed by atoms with Crippen LogP contribution in [0.5, 0.6) is 0 Å². The van der Waals surface area contributed by atoms with Gasteiger partial charge in [0.05, 0.1) is 16.4 Å². The van der Waals surface area contributed by atoms with Crippen LogP contribution < -0.4 is 11.1 Å². The number of nitrogens with one attached hydrogen (secondary N) is 1. The first-order chi connectivity index (χ1) is 12.2. The van der Waals surface area contributed by atoms with Crippen molar-refractivity contribution < 1.29 is 0 Å². The molecule has 3 rings (SSSR count). The molecule has 0 unspecified atom stereocenters. The monoisotopic (exact) mass is 352 g/mol. The first-order valence-corrected chi connectivity index (χ1v) is 8.25. The fourth-order valence-electron chi connectivity index (χ4n) is 2.49. The number of benzene rings is 1. The first-order valence-electron chi connectivity index (χ1n) is 7.87. The van der Waals surface area contributed by atoms with Crippen molar-refractivity contribution in [3.63, 3.8) is 0 Å². The maximum absolute atomic E-state index is 9.40. The summed E-state index contributed by atoms with van der Waals surface area (Å²) in [5.41, 5.74) is 8.08. The molecule has 0 spiro atoms. The fraction of sp³-hybridized carbons (Fsp3) is 0.167. The van der Waals surface area contributed by atoms with Crippen molar-refractivity contribution in [1.29, 1.82) is 5.26 Å². The Hall–Kier alpha value is -3.04. The summed E-state index contributed by atoms with van der Waals surface area (Å²) in [5, 5.41) is 17.7. The predicted molar refractivity (Wildman–Crippen MR) is 98.7 cm³/mol. The van der Waals surface area contributed by atoms with E-state index in [-0.39, 0.29) is 0 Å². The predicted octanol–water partition coefficient (Wildman–Crippen LogP) is 3.42. The number of nitrogens with two attached hydrogens (primary N) is 1. The molecule has 0 bridgehead atoms. The van der Waals surface area contributed by atoms with E-state index < -0.39 is 0 Å². The van der Waals surface area contributed by atoms with Gasteiger partial charge in [-0.2, -0.15) is 10.4 Å². The number of nitriles is 1. The highest BCUT2D eigenvalue weighted by molar-refractivity contribution is 6.30. The Morgan fingerprint density at radius 1 is 1.20 bits per heavy atom. The molecule has 126 valence electrons. The number of aromatic nitrogens is 3. The van der Waals surface area contributed by atoms with E-state index in [1.807, 2.05) is 36.4 Å². The number of aryl methyl sites for hydroxylation is 1. The Morgan fingerprint density at radius 3 is 2.68 bits per heavy atom. The van der Waals surface area contributed by atoms with Gasteiger partial charge in [0.25, 0.3) is 0 Å². The number of hydrogen-bond donors (Lipinski definition) is 2. The van der Waals surface area contributed by atoms with Crippen molar-refractivity contribution in [2.24, 2.45) is 0 Å². The minimum atomic E-state index is 0.371. The van der Waals surface area contributed by atoms with Gasteiger partial charge in [0, 0.05) is 12.7 Å².